The van der Waals surface area contributed by atoms with E-state index in [4.69, 9.17) is 5.73 Å². The van der Waals surface area contributed by atoms with Crippen LogP contribution in [0.2, 0.25) is 0 Å². The van der Waals surface area contributed by atoms with Crippen LogP contribution in [-0.2, 0) is 0 Å². The lowest BCUT2D eigenvalue weighted by Gasteiger charge is -2.06. The second-order valence-electron chi connectivity index (χ2n) is 4.52. The average Bonchev–Trinajstić information content (AvgIpc) is 2.50. The molecular formula is C16H17N3O2. The second-order valence-corrected chi connectivity index (χ2v) is 4.52. The van der Waals surface area contributed by atoms with Crippen LogP contribution in [0.3, 0.4) is 0 Å². The maximum atomic E-state index is 12.0. The molecule has 0 aliphatic heterocycles. The fourth-order valence-electron chi connectivity index (χ4n) is 1.82. The van der Waals surface area contributed by atoms with E-state index in [-0.39, 0.29) is 11.7 Å². The van der Waals surface area contributed by atoms with E-state index in [1.54, 1.807) is 48.5 Å². The van der Waals surface area contributed by atoms with Crippen molar-refractivity contribution in [2.45, 2.75) is 13.3 Å². The number of carbonyl (C=O) groups excluding carboxylic acids is 1. The molecule has 5 heteroatoms. The first-order valence-corrected chi connectivity index (χ1v) is 6.62. The summed E-state index contributed by atoms with van der Waals surface area (Å²) in [7, 11) is 0. The predicted octanol–water partition coefficient (Wildman–Crippen LogP) is 2.52. The first kappa shape index (κ1) is 14.6. The number of anilines is 1. The number of amides is 1. The normalized spacial score (nSPS) is 11.2. The van der Waals surface area contributed by atoms with Crippen LogP contribution in [0.15, 0.2) is 53.6 Å². The van der Waals surface area contributed by atoms with Crippen LogP contribution in [0.1, 0.15) is 29.3 Å². The van der Waals surface area contributed by atoms with Crippen LogP contribution >= 0.6 is 0 Å². The minimum Gasteiger partial charge on any atom is -0.508 e. The minimum atomic E-state index is -0.292. The fourth-order valence-corrected chi connectivity index (χ4v) is 1.82. The Balaban J connectivity index is 2.12. The highest BCUT2D eigenvalue weighted by molar-refractivity contribution is 6.02. The summed E-state index contributed by atoms with van der Waals surface area (Å²) in [5, 5.41) is 13.4. The van der Waals surface area contributed by atoms with Crippen LogP contribution in [0, 0.1) is 0 Å². The summed E-state index contributed by atoms with van der Waals surface area (Å²) < 4.78 is 0. The molecule has 0 aromatic heterocycles. The maximum absolute atomic E-state index is 12.0. The molecule has 0 bridgehead atoms. The molecule has 0 unspecified atom stereocenters. The summed E-state index contributed by atoms with van der Waals surface area (Å²) in [5.41, 5.74) is 10.8. The summed E-state index contributed by atoms with van der Waals surface area (Å²) >= 11 is 0. The highest BCUT2D eigenvalue weighted by Gasteiger charge is 2.06. The highest BCUT2D eigenvalue weighted by atomic mass is 16.3. The Morgan fingerprint density at radius 3 is 2.24 bits per heavy atom. The number of benzene rings is 2. The molecule has 0 fully saturated rings. The molecule has 2 aromatic rings. The molecule has 2 aromatic carbocycles. The molecule has 2 rings (SSSR count). The smallest absolute Gasteiger partial charge is 0.271 e. The Kier molecular flexibility index (Phi) is 4.56. The van der Waals surface area contributed by atoms with Crippen molar-refractivity contribution in [3.63, 3.8) is 0 Å². The molecular weight excluding hydrogens is 266 g/mol. The zero-order chi connectivity index (χ0) is 15.2. The van der Waals surface area contributed by atoms with Gasteiger partial charge in [-0.25, -0.2) is 5.43 Å². The van der Waals surface area contributed by atoms with E-state index < -0.39 is 0 Å². The van der Waals surface area contributed by atoms with Crippen LogP contribution < -0.4 is 11.2 Å². The molecule has 1 amide bonds. The standard InChI is InChI=1S/C16H17N3O2/c1-2-15(11-5-9-14(20)10-6-11)18-19-16(21)12-3-7-13(17)8-4-12/h3-10,20H,2,17H2,1H3,(H,19,21). The van der Waals surface area contributed by atoms with E-state index >= 15 is 0 Å². The van der Waals surface area contributed by atoms with Crippen molar-refractivity contribution in [3.05, 3.63) is 59.7 Å². The van der Waals surface area contributed by atoms with Crippen molar-refractivity contribution in [3.8, 4) is 5.75 Å². The van der Waals surface area contributed by atoms with Gasteiger partial charge < -0.3 is 10.8 Å². The van der Waals surface area contributed by atoms with Gasteiger partial charge in [0.15, 0.2) is 0 Å². The van der Waals surface area contributed by atoms with E-state index in [9.17, 15) is 9.90 Å². The van der Waals surface area contributed by atoms with Gasteiger partial charge in [0.25, 0.3) is 5.91 Å². The summed E-state index contributed by atoms with van der Waals surface area (Å²) in [6, 6.07) is 13.3. The third-order valence-corrected chi connectivity index (χ3v) is 3.00. The van der Waals surface area contributed by atoms with Gasteiger partial charge in [-0.15, -0.1) is 0 Å². The number of carbonyl (C=O) groups is 1. The third kappa shape index (κ3) is 3.82. The lowest BCUT2D eigenvalue weighted by atomic mass is 10.1. The van der Waals surface area contributed by atoms with E-state index in [1.165, 1.54) is 0 Å². The molecule has 4 N–H and O–H groups in total. The Labute approximate surface area is 123 Å². The molecule has 5 nitrogen and oxygen atoms in total. The van der Waals surface area contributed by atoms with Crippen LogP contribution in [0.4, 0.5) is 5.69 Å². The van der Waals surface area contributed by atoms with Crippen LogP contribution in [-0.4, -0.2) is 16.7 Å². The van der Waals surface area contributed by atoms with Gasteiger partial charge in [0.2, 0.25) is 0 Å². The van der Waals surface area contributed by atoms with Crippen LogP contribution in [0.25, 0.3) is 0 Å². The van der Waals surface area contributed by atoms with Crippen LogP contribution in [0.5, 0.6) is 5.75 Å². The Morgan fingerprint density at radius 2 is 1.67 bits per heavy atom. The topological polar surface area (TPSA) is 87.7 Å². The number of hydrazone groups is 1. The SMILES string of the molecule is CCC(=NNC(=O)c1ccc(N)cc1)c1ccc(O)cc1. The zero-order valence-electron chi connectivity index (χ0n) is 11.7. The summed E-state index contributed by atoms with van der Waals surface area (Å²) in [6.07, 6.45) is 0.660. The van der Waals surface area contributed by atoms with E-state index in [0.717, 1.165) is 11.3 Å². The number of nitrogens with zero attached hydrogens (tertiary/aromatic N) is 1. The number of hydrogen-bond donors (Lipinski definition) is 3. The molecule has 0 aliphatic carbocycles. The van der Waals surface area contributed by atoms with E-state index in [1.807, 2.05) is 6.92 Å². The number of aromatic hydroxyl groups is 1. The van der Waals surface area contributed by atoms with Gasteiger partial charge in [-0.3, -0.25) is 4.79 Å². The highest BCUT2D eigenvalue weighted by Crippen LogP contribution is 2.12. The third-order valence-electron chi connectivity index (χ3n) is 3.00. The van der Waals surface area contributed by atoms with Crippen molar-refractivity contribution < 1.29 is 9.90 Å². The number of hydrogen-bond acceptors (Lipinski definition) is 4. The predicted molar refractivity (Wildman–Crippen MR) is 83.3 cm³/mol. The number of phenolic OH excluding ortho intramolecular Hbond substituents is 1. The summed E-state index contributed by atoms with van der Waals surface area (Å²) in [4.78, 5) is 12.0. The minimum absolute atomic E-state index is 0.195. The molecule has 0 atom stereocenters. The van der Waals surface area contributed by atoms with Gasteiger partial charge in [0, 0.05) is 11.3 Å². The first-order valence-electron chi connectivity index (χ1n) is 6.62. The van der Waals surface area contributed by atoms with Gasteiger partial charge in [-0.05, 0) is 60.5 Å². The Bertz CT molecular complexity index is 646. The largest absolute Gasteiger partial charge is 0.508 e. The molecule has 108 valence electrons. The summed E-state index contributed by atoms with van der Waals surface area (Å²) in [6.45, 7) is 1.95. The van der Waals surface area contributed by atoms with Gasteiger partial charge in [-0.1, -0.05) is 6.92 Å². The second kappa shape index (κ2) is 6.56. The number of nitrogens with one attached hydrogen (secondary N) is 1. The van der Waals surface area contributed by atoms with Gasteiger partial charge >= 0.3 is 0 Å². The monoisotopic (exact) mass is 283 g/mol. The molecule has 0 aliphatic rings. The average molecular weight is 283 g/mol. The van der Waals surface area contributed by atoms with E-state index in [0.29, 0.717) is 17.7 Å². The lowest BCUT2D eigenvalue weighted by Crippen LogP contribution is -2.20. The number of nitrogens with two attached hydrogens (primary N) is 1. The van der Waals surface area contributed by atoms with Crippen molar-refractivity contribution >= 4 is 17.3 Å². The number of rotatable bonds is 4. The Morgan fingerprint density at radius 1 is 1.10 bits per heavy atom. The quantitative estimate of drug-likeness (QED) is 0.457. The molecule has 0 spiro atoms. The molecule has 0 saturated heterocycles. The summed E-state index contributed by atoms with van der Waals surface area (Å²) in [5.74, 6) is -0.0974. The van der Waals surface area contributed by atoms with Crippen molar-refractivity contribution in [2.75, 3.05) is 5.73 Å². The van der Waals surface area contributed by atoms with E-state index in [2.05, 4.69) is 10.5 Å². The first-order chi connectivity index (χ1) is 10.1. The van der Waals surface area contributed by atoms with Gasteiger partial charge in [-0.2, -0.15) is 5.10 Å². The maximum Gasteiger partial charge on any atom is 0.271 e. The van der Waals surface area contributed by atoms with Crippen molar-refractivity contribution in [2.24, 2.45) is 5.10 Å². The van der Waals surface area contributed by atoms with Gasteiger partial charge in [0.05, 0.1) is 5.71 Å². The van der Waals surface area contributed by atoms with Crippen molar-refractivity contribution in [1.29, 1.82) is 0 Å². The molecule has 0 saturated carbocycles. The fraction of sp³-hybridized carbons (Fsp3) is 0.125. The molecule has 21 heavy (non-hydrogen) atoms. The molecule has 0 heterocycles. The zero-order valence-corrected chi connectivity index (χ0v) is 11.7. The van der Waals surface area contributed by atoms with Gasteiger partial charge in [0.1, 0.15) is 5.75 Å². The number of nitrogen functional groups attached to an aromatic ring is 1. The Hall–Kier alpha value is -2.82. The number of phenols is 1. The molecule has 0 radical (unpaired) electrons. The lowest BCUT2D eigenvalue weighted by molar-refractivity contribution is 0.0955. The van der Waals surface area contributed by atoms with Crippen molar-refractivity contribution in [1.82, 2.24) is 5.43 Å².